The summed E-state index contributed by atoms with van der Waals surface area (Å²) in [5.74, 6) is 1.14. The Bertz CT molecular complexity index is 1060. The van der Waals surface area contributed by atoms with Crippen LogP contribution in [0.5, 0.6) is 0 Å². The van der Waals surface area contributed by atoms with Gasteiger partial charge in [-0.1, -0.05) is 42.0 Å². The first-order chi connectivity index (χ1) is 14.0. The summed E-state index contributed by atoms with van der Waals surface area (Å²) in [7, 11) is 0. The topological polar surface area (TPSA) is 48.6 Å². The standard InChI is InChI=1S/C23H24ClFN2OS/c24-19-13-14(6-11-20(19)25)12-18-21(26-23(29)27-22(18)28)17-9-7-16(8-10-17)15-4-2-1-3-5-15/h1-4,6,11,13,15-17H,5,7-10,12H2,(H2,26,27,28,29). The van der Waals surface area contributed by atoms with E-state index < -0.39 is 5.82 Å². The molecule has 2 aliphatic rings. The third-order valence-electron chi connectivity index (χ3n) is 6.24. The second kappa shape index (κ2) is 8.80. The lowest BCUT2D eigenvalue weighted by Gasteiger charge is -2.33. The monoisotopic (exact) mass is 430 g/mol. The molecule has 1 aromatic carbocycles. The molecule has 0 saturated heterocycles. The van der Waals surface area contributed by atoms with E-state index in [4.69, 9.17) is 23.8 Å². The van der Waals surface area contributed by atoms with Gasteiger partial charge in [0, 0.05) is 17.7 Å². The van der Waals surface area contributed by atoms with Gasteiger partial charge in [-0.05, 0) is 79.8 Å². The summed E-state index contributed by atoms with van der Waals surface area (Å²) in [5, 5.41) is 0.0689. The Labute approximate surface area is 179 Å². The van der Waals surface area contributed by atoms with Crippen LogP contribution in [-0.4, -0.2) is 9.97 Å². The molecule has 0 amide bonds. The summed E-state index contributed by atoms with van der Waals surface area (Å²) in [6.45, 7) is 0. The molecular formula is C23H24ClFN2OS. The van der Waals surface area contributed by atoms with Crippen LogP contribution >= 0.6 is 23.8 Å². The van der Waals surface area contributed by atoms with Crippen molar-refractivity contribution in [2.24, 2.45) is 11.8 Å². The van der Waals surface area contributed by atoms with Crippen LogP contribution in [0.3, 0.4) is 0 Å². The van der Waals surface area contributed by atoms with Crippen molar-refractivity contribution in [2.45, 2.75) is 44.4 Å². The minimum absolute atomic E-state index is 0.0689. The predicted octanol–water partition coefficient (Wildman–Crippen LogP) is 6.22. The molecule has 3 nitrogen and oxygen atoms in total. The molecule has 2 aromatic rings. The molecule has 29 heavy (non-hydrogen) atoms. The summed E-state index contributed by atoms with van der Waals surface area (Å²) < 4.78 is 13.9. The van der Waals surface area contributed by atoms with Gasteiger partial charge >= 0.3 is 0 Å². The molecule has 2 N–H and O–H groups in total. The Hall–Kier alpha value is -1.98. The number of hydrogen-bond donors (Lipinski definition) is 2. The average molecular weight is 431 g/mol. The van der Waals surface area contributed by atoms with Crippen LogP contribution in [0.4, 0.5) is 4.39 Å². The summed E-state index contributed by atoms with van der Waals surface area (Å²) in [6.07, 6.45) is 14.7. The van der Waals surface area contributed by atoms with E-state index in [9.17, 15) is 9.18 Å². The van der Waals surface area contributed by atoms with Gasteiger partial charge in [0.2, 0.25) is 0 Å². The van der Waals surface area contributed by atoms with Gasteiger partial charge in [0.25, 0.3) is 5.56 Å². The molecule has 4 rings (SSSR count). The van der Waals surface area contributed by atoms with Crippen LogP contribution in [0.15, 0.2) is 47.3 Å². The predicted molar refractivity (Wildman–Crippen MR) is 118 cm³/mol. The fourth-order valence-electron chi connectivity index (χ4n) is 4.69. The highest BCUT2D eigenvalue weighted by atomic mass is 35.5. The van der Waals surface area contributed by atoms with E-state index in [2.05, 4.69) is 34.3 Å². The highest BCUT2D eigenvalue weighted by Gasteiger charge is 2.29. The van der Waals surface area contributed by atoms with Gasteiger partial charge in [0.15, 0.2) is 4.77 Å². The van der Waals surface area contributed by atoms with Crippen LogP contribution in [0.25, 0.3) is 0 Å². The molecule has 6 heteroatoms. The van der Waals surface area contributed by atoms with Crippen molar-refractivity contribution in [3.8, 4) is 0 Å². The van der Waals surface area contributed by atoms with Gasteiger partial charge in [0.1, 0.15) is 5.82 Å². The molecule has 1 atom stereocenters. The fraction of sp³-hybridized carbons (Fsp3) is 0.391. The highest BCUT2D eigenvalue weighted by Crippen LogP contribution is 2.40. The number of H-pyrrole nitrogens is 2. The lowest BCUT2D eigenvalue weighted by Crippen LogP contribution is -2.25. The summed E-state index contributed by atoms with van der Waals surface area (Å²) in [4.78, 5) is 18.7. The number of halogens is 2. The van der Waals surface area contributed by atoms with E-state index >= 15 is 0 Å². The third-order valence-corrected chi connectivity index (χ3v) is 6.73. The maximum Gasteiger partial charge on any atom is 0.255 e. The first-order valence-electron chi connectivity index (χ1n) is 10.1. The minimum Gasteiger partial charge on any atom is -0.335 e. The van der Waals surface area contributed by atoms with Gasteiger partial charge in [-0.2, -0.15) is 0 Å². The molecule has 152 valence electrons. The first-order valence-corrected chi connectivity index (χ1v) is 10.9. The van der Waals surface area contributed by atoms with Crippen molar-refractivity contribution in [1.29, 1.82) is 0 Å². The van der Waals surface area contributed by atoms with Crippen molar-refractivity contribution in [3.63, 3.8) is 0 Å². The van der Waals surface area contributed by atoms with Crippen molar-refractivity contribution in [2.75, 3.05) is 0 Å². The zero-order valence-electron chi connectivity index (χ0n) is 16.1. The maximum absolute atomic E-state index is 13.5. The number of aromatic nitrogens is 2. The van der Waals surface area contributed by atoms with Gasteiger partial charge in [-0.15, -0.1) is 0 Å². The molecule has 0 bridgehead atoms. The van der Waals surface area contributed by atoms with Gasteiger partial charge < -0.3 is 4.98 Å². The van der Waals surface area contributed by atoms with Gasteiger partial charge in [0.05, 0.1) is 5.02 Å². The fourth-order valence-corrected chi connectivity index (χ4v) is 5.10. The average Bonchev–Trinajstić information content (AvgIpc) is 2.73. The maximum atomic E-state index is 13.5. The van der Waals surface area contributed by atoms with Crippen molar-refractivity contribution in [1.82, 2.24) is 9.97 Å². The number of rotatable bonds is 4. The molecule has 1 heterocycles. The number of hydrogen-bond acceptors (Lipinski definition) is 2. The number of benzene rings is 1. The Morgan fingerprint density at radius 3 is 2.62 bits per heavy atom. The molecule has 0 aliphatic heterocycles. The molecule has 2 aliphatic carbocycles. The first kappa shape index (κ1) is 20.3. The molecule has 1 saturated carbocycles. The second-order valence-electron chi connectivity index (χ2n) is 8.05. The lowest BCUT2D eigenvalue weighted by molar-refractivity contribution is 0.262. The summed E-state index contributed by atoms with van der Waals surface area (Å²) in [6, 6.07) is 4.60. The van der Waals surface area contributed by atoms with Crippen molar-refractivity contribution >= 4 is 23.8 Å². The zero-order valence-corrected chi connectivity index (χ0v) is 17.7. The van der Waals surface area contributed by atoms with Crippen LogP contribution in [0, 0.1) is 22.4 Å². The van der Waals surface area contributed by atoms with Crippen molar-refractivity contribution < 1.29 is 4.39 Å². The summed E-state index contributed by atoms with van der Waals surface area (Å²) >= 11 is 11.2. The van der Waals surface area contributed by atoms with Crippen LogP contribution < -0.4 is 5.56 Å². The Morgan fingerprint density at radius 1 is 1.14 bits per heavy atom. The second-order valence-corrected chi connectivity index (χ2v) is 8.87. The molecule has 0 spiro atoms. The van der Waals surface area contributed by atoms with E-state index in [0.29, 0.717) is 28.6 Å². The molecule has 1 aromatic heterocycles. The van der Waals surface area contributed by atoms with E-state index in [-0.39, 0.29) is 16.5 Å². The molecule has 1 fully saturated rings. The zero-order chi connectivity index (χ0) is 20.4. The quantitative estimate of drug-likeness (QED) is 0.565. The molecule has 0 radical (unpaired) electrons. The van der Waals surface area contributed by atoms with E-state index in [0.717, 1.165) is 43.4 Å². The Kier molecular flexibility index (Phi) is 6.16. The minimum atomic E-state index is -0.457. The third kappa shape index (κ3) is 4.62. The lowest BCUT2D eigenvalue weighted by atomic mass is 9.72. The van der Waals surface area contributed by atoms with Crippen molar-refractivity contribution in [3.05, 3.63) is 85.3 Å². The Morgan fingerprint density at radius 2 is 1.93 bits per heavy atom. The SMILES string of the molecule is O=c1[nH]c(=S)[nH]c(C2CCC(C3C=CC=CC3)CC2)c1Cc1ccc(F)c(Cl)c1. The number of aromatic amines is 2. The molecule has 1 unspecified atom stereocenters. The Balaban J connectivity index is 1.56. The normalized spacial score (nSPS) is 24.0. The number of allylic oxidation sites excluding steroid dienone is 4. The smallest absolute Gasteiger partial charge is 0.255 e. The highest BCUT2D eigenvalue weighted by molar-refractivity contribution is 7.71. The number of nitrogens with one attached hydrogen (secondary N) is 2. The largest absolute Gasteiger partial charge is 0.335 e. The van der Waals surface area contributed by atoms with Crippen LogP contribution in [0.1, 0.15) is 54.8 Å². The van der Waals surface area contributed by atoms with E-state index in [1.165, 1.54) is 6.07 Å². The van der Waals surface area contributed by atoms with Gasteiger partial charge in [-0.25, -0.2) is 4.39 Å². The van der Waals surface area contributed by atoms with Gasteiger partial charge in [-0.3, -0.25) is 9.78 Å². The van der Waals surface area contributed by atoms with Crippen LogP contribution in [0.2, 0.25) is 5.02 Å². The molecular weight excluding hydrogens is 407 g/mol. The summed E-state index contributed by atoms with van der Waals surface area (Å²) in [5.41, 5.74) is 2.23. The van der Waals surface area contributed by atoms with E-state index in [1.54, 1.807) is 12.1 Å². The van der Waals surface area contributed by atoms with Crippen LogP contribution in [-0.2, 0) is 6.42 Å². The van der Waals surface area contributed by atoms with E-state index in [1.807, 2.05) is 0 Å².